The van der Waals surface area contributed by atoms with Crippen LogP contribution in [0.2, 0.25) is 0 Å². The molecule has 3 saturated heterocycles. The van der Waals surface area contributed by atoms with Crippen molar-refractivity contribution in [1.82, 2.24) is 31.5 Å². The van der Waals surface area contributed by atoms with Crippen molar-refractivity contribution in [2.24, 2.45) is 35.5 Å². The molecule has 12 atom stereocenters. The van der Waals surface area contributed by atoms with Gasteiger partial charge in [-0.2, -0.15) is 11.8 Å². The van der Waals surface area contributed by atoms with Gasteiger partial charge in [-0.15, -0.1) is 0 Å². The Morgan fingerprint density at radius 2 is 1.51 bits per heavy atom. The first-order valence-corrected chi connectivity index (χ1v) is 30.4. The summed E-state index contributed by atoms with van der Waals surface area (Å²) in [7, 11) is 1.25. The second kappa shape index (κ2) is 32.8. The van der Waals surface area contributed by atoms with E-state index in [0.717, 1.165) is 10.5 Å². The summed E-state index contributed by atoms with van der Waals surface area (Å²) >= 11 is 1.24. The lowest BCUT2D eigenvalue weighted by molar-refractivity contribution is -0.262. The van der Waals surface area contributed by atoms with Crippen LogP contribution in [0.3, 0.4) is 0 Å². The van der Waals surface area contributed by atoms with Crippen molar-refractivity contribution in [1.29, 1.82) is 0 Å². The second-order valence-corrected chi connectivity index (χ2v) is 24.3. The molecule has 82 heavy (non-hydrogen) atoms. The SMILES string of the molecule is COC(=O)CCC(=O)O[C@@H]1CC[C@@H](C[C@@H](C)[C@@H]2CC(=O)NCCNC(=O)[C@H](CC(C)C)NC(=O)CNC(=O)[C@H](Cc3ccccc3)CC(=O)[C@H](C)NC(=O)CSCC[C@@H]3CC[C@@H](C)[C@@](O)(O3)C(=O)C(=O)N3CCCC[C@H]3C(=O)O2)C[C@H]1C. The fraction of sp³-hybridized carbons (Fsp3) is 0.712. The van der Waals surface area contributed by atoms with Gasteiger partial charge >= 0.3 is 17.9 Å². The molecule has 2 bridgehead atoms. The molecule has 1 saturated carbocycles. The molecule has 6 amide bonds. The Kier molecular flexibility index (Phi) is 26.7. The number of rotatable bonds is 11. The van der Waals surface area contributed by atoms with E-state index in [1.54, 1.807) is 19.1 Å². The fourth-order valence-corrected chi connectivity index (χ4v) is 12.1. The number of amides is 6. The average molecular weight is 1170 g/mol. The van der Waals surface area contributed by atoms with Gasteiger partial charge in [-0.25, -0.2) is 4.79 Å². The molecule has 4 fully saturated rings. The van der Waals surface area contributed by atoms with Crippen LogP contribution in [-0.2, 0) is 78.1 Å². The van der Waals surface area contributed by atoms with Crippen molar-refractivity contribution in [2.75, 3.05) is 44.8 Å². The zero-order chi connectivity index (χ0) is 60.1. The Bertz CT molecular complexity index is 2390. The van der Waals surface area contributed by atoms with Gasteiger partial charge < -0.3 is 55.5 Å². The third kappa shape index (κ3) is 20.7. The number of nitrogens with zero attached hydrogens (tertiary/aromatic N) is 1. The molecule has 5 rings (SSSR count). The van der Waals surface area contributed by atoms with Crippen LogP contribution in [0.25, 0.3) is 0 Å². The molecule has 0 spiro atoms. The van der Waals surface area contributed by atoms with E-state index >= 15 is 0 Å². The average Bonchev–Trinajstić information content (AvgIpc) is 3.13. The first kappa shape index (κ1) is 66.9. The number of nitrogens with one attached hydrogen (secondary N) is 5. The van der Waals surface area contributed by atoms with Gasteiger partial charge in [0.05, 0.1) is 50.8 Å². The van der Waals surface area contributed by atoms with Gasteiger partial charge in [-0.05, 0) is 119 Å². The number of hydrogen-bond donors (Lipinski definition) is 6. The Hall–Kier alpha value is -5.94. The van der Waals surface area contributed by atoms with Gasteiger partial charge in [0.25, 0.3) is 11.7 Å². The number of Topliss-reactive ketones (excluding diaryl/α,β-unsaturated/α-hetero) is 2. The van der Waals surface area contributed by atoms with Crippen molar-refractivity contribution in [2.45, 2.75) is 187 Å². The first-order valence-electron chi connectivity index (χ1n) is 29.2. The first-order chi connectivity index (χ1) is 39.0. The molecule has 23 heteroatoms. The molecule has 1 aromatic rings. The summed E-state index contributed by atoms with van der Waals surface area (Å²) < 4.78 is 22.7. The number of ketones is 2. The van der Waals surface area contributed by atoms with Crippen LogP contribution in [0.5, 0.6) is 0 Å². The third-order valence-electron chi connectivity index (χ3n) is 16.1. The molecule has 4 aliphatic rings. The predicted octanol–water partition coefficient (Wildman–Crippen LogP) is 3.41. The van der Waals surface area contributed by atoms with Crippen molar-refractivity contribution in [3.8, 4) is 0 Å². The number of fused-ring (bicyclic) bond motifs is 3. The second-order valence-electron chi connectivity index (χ2n) is 23.2. The summed E-state index contributed by atoms with van der Waals surface area (Å²) in [5.74, 6) is -11.6. The Morgan fingerprint density at radius 3 is 2.22 bits per heavy atom. The van der Waals surface area contributed by atoms with Gasteiger partial charge in [0.1, 0.15) is 24.3 Å². The predicted molar refractivity (Wildman–Crippen MR) is 302 cm³/mol. The monoisotopic (exact) mass is 1170 g/mol. The highest BCUT2D eigenvalue weighted by Gasteiger charge is 2.53. The van der Waals surface area contributed by atoms with E-state index in [4.69, 9.17) is 14.2 Å². The highest BCUT2D eigenvalue weighted by molar-refractivity contribution is 7.99. The molecular formula is C59H88N6O16S. The molecule has 22 nitrogen and oxygen atoms in total. The lowest BCUT2D eigenvalue weighted by atomic mass is 9.75. The number of methoxy groups -OCH3 is 1. The molecule has 3 heterocycles. The van der Waals surface area contributed by atoms with Gasteiger partial charge in [-0.3, -0.25) is 47.9 Å². The Labute approximate surface area is 485 Å². The van der Waals surface area contributed by atoms with E-state index < -0.39 is 125 Å². The fourth-order valence-electron chi connectivity index (χ4n) is 11.3. The standard InChI is InChI=1S/C59H88N6O16S/c1-35(2)27-44-56(74)61-24-23-60-49(67)32-48(37(4)29-41-17-19-47(36(3)28-41)79-53(71)21-20-52(70)78-7)80-58(76)45-15-11-12-25-65(45)57(75)54(72)59(77)38(5)16-18-43(81-59)22-26-82-34-51(69)63-39(6)46(66)31-42(30-40-13-9-8-10-14-40)55(73)62-33-50(68)64-44/h8-10,13-14,35-39,41-45,47-48,77H,11-12,15-34H2,1-7H3,(H,60,67)(H,61,74)(H,62,73)(H,63,69)(H,64,68)/t36-,37-,38-,39+,41-,42-,43+,44+,45+,47-,48+,59-/m1/s1. The van der Waals surface area contributed by atoms with Crippen LogP contribution in [0.1, 0.15) is 143 Å². The number of esters is 3. The molecule has 3 aliphatic heterocycles. The minimum absolute atomic E-state index is 0.0208. The largest absolute Gasteiger partial charge is 0.469 e. The highest BCUT2D eigenvalue weighted by atomic mass is 32.2. The van der Waals surface area contributed by atoms with Crippen LogP contribution < -0.4 is 26.6 Å². The van der Waals surface area contributed by atoms with Crippen molar-refractivity contribution >= 4 is 76.7 Å². The van der Waals surface area contributed by atoms with Gasteiger partial charge in [0, 0.05) is 37.9 Å². The summed E-state index contributed by atoms with van der Waals surface area (Å²) in [6.07, 6.45) is 2.24. The highest BCUT2D eigenvalue weighted by Crippen LogP contribution is 2.38. The summed E-state index contributed by atoms with van der Waals surface area (Å²) in [5.41, 5.74) is 0.773. The number of carbonyl (C=O) groups is 11. The number of ether oxygens (including phenoxy) is 4. The van der Waals surface area contributed by atoms with E-state index in [-0.39, 0.29) is 94.2 Å². The maximum absolute atomic E-state index is 14.4. The van der Waals surface area contributed by atoms with E-state index in [0.29, 0.717) is 63.5 Å². The Morgan fingerprint density at radius 1 is 0.793 bits per heavy atom. The maximum Gasteiger partial charge on any atom is 0.329 e. The van der Waals surface area contributed by atoms with Crippen LogP contribution in [-0.4, -0.2) is 162 Å². The zero-order valence-electron chi connectivity index (χ0n) is 48.8. The maximum atomic E-state index is 14.4. The molecular weight excluding hydrogens is 1080 g/mol. The van der Waals surface area contributed by atoms with Crippen molar-refractivity contribution < 1.29 is 76.8 Å². The number of benzene rings is 1. The van der Waals surface area contributed by atoms with E-state index in [1.165, 1.54) is 25.8 Å². The van der Waals surface area contributed by atoms with E-state index in [1.807, 2.05) is 45.9 Å². The summed E-state index contributed by atoms with van der Waals surface area (Å²) in [5, 5.41) is 25.5. The topological polar surface area (TPSA) is 308 Å². The van der Waals surface area contributed by atoms with Crippen LogP contribution >= 0.6 is 11.8 Å². The van der Waals surface area contributed by atoms with Crippen LogP contribution in [0.15, 0.2) is 30.3 Å². The number of aliphatic hydroxyl groups is 1. The number of hydrogen-bond acceptors (Lipinski definition) is 17. The van der Waals surface area contributed by atoms with Crippen molar-refractivity contribution in [3.63, 3.8) is 0 Å². The van der Waals surface area contributed by atoms with Gasteiger partial charge in [0.15, 0.2) is 5.78 Å². The molecule has 1 aliphatic carbocycles. The van der Waals surface area contributed by atoms with E-state index in [9.17, 15) is 57.8 Å². The summed E-state index contributed by atoms with van der Waals surface area (Å²) in [4.78, 5) is 149. The minimum atomic E-state index is -2.51. The smallest absolute Gasteiger partial charge is 0.329 e. The van der Waals surface area contributed by atoms with Gasteiger partial charge in [0.2, 0.25) is 35.3 Å². The number of carbonyl (C=O) groups excluding carboxylic acids is 11. The lowest BCUT2D eigenvalue weighted by Crippen LogP contribution is -2.60. The molecule has 0 radical (unpaired) electrons. The number of piperidine rings is 1. The molecule has 0 unspecified atom stereocenters. The number of cyclic esters (lactones) is 1. The summed E-state index contributed by atoms with van der Waals surface area (Å²) in [6.45, 7) is 10.2. The van der Waals surface area contributed by atoms with Crippen LogP contribution in [0.4, 0.5) is 0 Å². The van der Waals surface area contributed by atoms with Crippen LogP contribution in [0, 0.1) is 35.5 Å². The Balaban J connectivity index is 1.35. The third-order valence-corrected chi connectivity index (χ3v) is 17.1. The quantitative estimate of drug-likeness (QED) is 0.105. The molecule has 6 N–H and O–H groups in total. The van der Waals surface area contributed by atoms with Gasteiger partial charge in [-0.1, -0.05) is 65.0 Å². The number of thioether (sulfide) groups is 1. The molecule has 456 valence electrons. The zero-order valence-corrected chi connectivity index (χ0v) is 49.6. The minimum Gasteiger partial charge on any atom is -0.469 e. The molecule has 1 aromatic carbocycles. The van der Waals surface area contributed by atoms with Crippen molar-refractivity contribution in [3.05, 3.63) is 35.9 Å². The lowest BCUT2D eigenvalue weighted by Gasteiger charge is -2.42. The van der Waals surface area contributed by atoms with E-state index in [2.05, 4.69) is 31.3 Å². The summed E-state index contributed by atoms with van der Waals surface area (Å²) in [6, 6.07) is 5.85. The normalized spacial score (nSPS) is 30.3. The molecule has 0 aromatic heterocycles.